The number of hydrogen-bond acceptors (Lipinski definition) is 2. The molecule has 5 heteroatoms. The predicted molar refractivity (Wildman–Crippen MR) is 89.2 cm³/mol. The first-order chi connectivity index (χ1) is 10.9. The zero-order valence-electron chi connectivity index (χ0n) is 12.9. The van der Waals surface area contributed by atoms with Gasteiger partial charge in [-0.1, -0.05) is 34.9 Å². The molecule has 0 aromatic heterocycles. The van der Waals surface area contributed by atoms with Gasteiger partial charge >= 0.3 is 5.97 Å². The third-order valence-corrected chi connectivity index (χ3v) is 4.93. The number of halogens is 1. The van der Waals surface area contributed by atoms with Crippen LogP contribution in [0.3, 0.4) is 0 Å². The number of fused-ring (bicyclic) bond motifs is 2. The molecule has 0 saturated heterocycles. The lowest BCUT2D eigenvalue weighted by Gasteiger charge is -2.23. The molecule has 1 fully saturated rings. The SMILES string of the molecule is CC(C)=C1[C@H]2C=C[C@H]1[C@@H](C(=O)Nc1ccc(Cl)cc1)[C@@H]2C(=O)O. The summed E-state index contributed by atoms with van der Waals surface area (Å²) in [4.78, 5) is 24.4. The van der Waals surface area contributed by atoms with Crippen molar-refractivity contribution in [2.45, 2.75) is 13.8 Å². The van der Waals surface area contributed by atoms with Crippen LogP contribution in [0.15, 0.2) is 47.6 Å². The molecule has 3 rings (SSSR count). The quantitative estimate of drug-likeness (QED) is 0.829. The molecule has 0 spiro atoms. The summed E-state index contributed by atoms with van der Waals surface area (Å²) >= 11 is 5.84. The van der Waals surface area contributed by atoms with Crippen LogP contribution in [0.2, 0.25) is 5.02 Å². The van der Waals surface area contributed by atoms with Gasteiger partial charge in [0, 0.05) is 22.5 Å². The summed E-state index contributed by atoms with van der Waals surface area (Å²) in [5.74, 6) is -2.76. The zero-order valence-corrected chi connectivity index (χ0v) is 13.7. The summed E-state index contributed by atoms with van der Waals surface area (Å²) in [6.07, 6.45) is 3.90. The van der Waals surface area contributed by atoms with E-state index in [4.69, 9.17) is 11.6 Å². The molecular weight excluding hydrogens is 314 g/mol. The van der Waals surface area contributed by atoms with Crippen LogP contribution in [0.4, 0.5) is 5.69 Å². The van der Waals surface area contributed by atoms with E-state index in [2.05, 4.69) is 5.32 Å². The number of carboxylic acids is 1. The molecule has 2 bridgehead atoms. The van der Waals surface area contributed by atoms with Gasteiger partial charge in [0.05, 0.1) is 11.8 Å². The second-order valence-corrected chi connectivity index (χ2v) is 6.71. The number of amides is 1. The third kappa shape index (κ3) is 2.68. The molecule has 23 heavy (non-hydrogen) atoms. The van der Waals surface area contributed by atoms with Crippen molar-refractivity contribution in [3.8, 4) is 0 Å². The van der Waals surface area contributed by atoms with E-state index in [0.717, 1.165) is 11.1 Å². The maximum Gasteiger partial charge on any atom is 0.308 e. The Hall–Kier alpha value is -2.07. The van der Waals surface area contributed by atoms with Crippen molar-refractivity contribution < 1.29 is 14.7 Å². The Morgan fingerprint density at radius 2 is 1.61 bits per heavy atom. The number of anilines is 1. The van der Waals surface area contributed by atoms with E-state index in [1.165, 1.54) is 0 Å². The topological polar surface area (TPSA) is 66.4 Å². The van der Waals surface area contributed by atoms with Gasteiger partial charge in [-0.25, -0.2) is 0 Å². The molecule has 0 unspecified atom stereocenters. The number of nitrogens with one attached hydrogen (secondary N) is 1. The Morgan fingerprint density at radius 3 is 2.13 bits per heavy atom. The van der Waals surface area contributed by atoms with E-state index in [-0.39, 0.29) is 17.7 Å². The van der Waals surface area contributed by atoms with E-state index in [1.807, 2.05) is 26.0 Å². The van der Waals surface area contributed by atoms with Crippen LogP contribution in [-0.4, -0.2) is 17.0 Å². The van der Waals surface area contributed by atoms with Gasteiger partial charge in [-0.2, -0.15) is 0 Å². The summed E-state index contributed by atoms with van der Waals surface area (Å²) in [5, 5.41) is 13.0. The molecule has 1 amide bonds. The monoisotopic (exact) mass is 331 g/mol. The molecular formula is C18H18ClNO3. The Balaban J connectivity index is 1.89. The maximum absolute atomic E-state index is 12.7. The molecule has 1 saturated carbocycles. The highest BCUT2D eigenvalue weighted by molar-refractivity contribution is 6.30. The highest BCUT2D eigenvalue weighted by atomic mass is 35.5. The zero-order chi connectivity index (χ0) is 16.7. The highest BCUT2D eigenvalue weighted by Gasteiger charge is 2.54. The molecule has 1 aromatic rings. The molecule has 2 aliphatic carbocycles. The first-order valence-corrected chi connectivity index (χ1v) is 7.92. The third-order valence-electron chi connectivity index (χ3n) is 4.68. The van der Waals surface area contributed by atoms with E-state index < -0.39 is 17.8 Å². The van der Waals surface area contributed by atoms with Gasteiger partial charge in [0.25, 0.3) is 0 Å². The van der Waals surface area contributed by atoms with E-state index in [0.29, 0.717) is 10.7 Å². The average molecular weight is 332 g/mol. The summed E-state index contributed by atoms with van der Waals surface area (Å²) in [7, 11) is 0. The summed E-state index contributed by atoms with van der Waals surface area (Å²) in [6, 6.07) is 6.80. The molecule has 2 aliphatic rings. The van der Waals surface area contributed by atoms with Crippen LogP contribution >= 0.6 is 11.6 Å². The van der Waals surface area contributed by atoms with Gasteiger partial charge in [-0.3, -0.25) is 9.59 Å². The van der Waals surface area contributed by atoms with Crippen molar-refractivity contribution in [3.05, 3.63) is 52.6 Å². The number of carbonyl (C=O) groups excluding carboxylic acids is 1. The Kier molecular flexibility index (Phi) is 4.02. The van der Waals surface area contributed by atoms with Crippen LogP contribution < -0.4 is 5.32 Å². The van der Waals surface area contributed by atoms with Gasteiger partial charge in [-0.05, 0) is 38.1 Å². The Morgan fingerprint density at radius 1 is 1.04 bits per heavy atom. The molecule has 1 aromatic carbocycles. The first-order valence-electron chi connectivity index (χ1n) is 7.55. The predicted octanol–water partition coefficient (Wildman–Crippen LogP) is 3.75. The van der Waals surface area contributed by atoms with Crippen molar-refractivity contribution >= 4 is 29.2 Å². The molecule has 4 atom stereocenters. The molecule has 4 nitrogen and oxygen atoms in total. The fraction of sp³-hybridized carbons (Fsp3) is 0.333. The number of carboxylic acid groups (broad SMARTS) is 1. The average Bonchev–Trinajstić information content (AvgIpc) is 3.05. The number of hydrogen-bond donors (Lipinski definition) is 2. The molecule has 0 aliphatic heterocycles. The summed E-state index contributed by atoms with van der Waals surface area (Å²) in [6.45, 7) is 3.95. The lowest BCUT2D eigenvalue weighted by molar-refractivity contribution is -0.146. The Bertz CT molecular complexity index is 716. The number of aliphatic carboxylic acids is 1. The van der Waals surface area contributed by atoms with Crippen LogP contribution in [0.1, 0.15) is 13.8 Å². The smallest absolute Gasteiger partial charge is 0.308 e. The minimum atomic E-state index is -0.920. The summed E-state index contributed by atoms with van der Waals surface area (Å²) < 4.78 is 0. The van der Waals surface area contributed by atoms with Crippen LogP contribution in [0, 0.1) is 23.7 Å². The fourth-order valence-corrected chi connectivity index (χ4v) is 3.93. The van der Waals surface area contributed by atoms with E-state index in [1.54, 1.807) is 24.3 Å². The highest BCUT2D eigenvalue weighted by Crippen LogP contribution is 2.53. The Labute approximate surface area is 139 Å². The second-order valence-electron chi connectivity index (χ2n) is 6.28. The van der Waals surface area contributed by atoms with Crippen molar-refractivity contribution in [2.24, 2.45) is 23.7 Å². The van der Waals surface area contributed by atoms with Crippen molar-refractivity contribution in [1.29, 1.82) is 0 Å². The maximum atomic E-state index is 12.7. The molecule has 120 valence electrons. The van der Waals surface area contributed by atoms with E-state index in [9.17, 15) is 14.7 Å². The van der Waals surface area contributed by atoms with Gasteiger partial charge in [0.2, 0.25) is 5.91 Å². The van der Waals surface area contributed by atoms with Crippen molar-refractivity contribution in [2.75, 3.05) is 5.32 Å². The normalized spacial score (nSPS) is 28.0. The minimum absolute atomic E-state index is 0.126. The number of benzene rings is 1. The molecule has 0 radical (unpaired) electrons. The van der Waals surface area contributed by atoms with Gasteiger partial charge in [-0.15, -0.1) is 0 Å². The number of carbonyl (C=O) groups is 2. The molecule has 0 heterocycles. The fourth-order valence-electron chi connectivity index (χ4n) is 3.80. The largest absolute Gasteiger partial charge is 0.481 e. The van der Waals surface area contributed by atoms with E-state index >= 15 is 0 Å². The lowest BCUT2D eigenvalue weighted by atomic mass is 9.82. The van der Waals surface area contributed by atoms with Gasteiger partial charge in [0.1, 0.15) is 0 Å². The van der Waals surface area contributed by atoms with Crippen LogP contribution in [0.5, 0.6) is 0 Å². The first kappa shape index (κ1) is 15.8. The standard InChI is InChI=1S/C18H18ClNO3/c1-9(2)14-12-7-8-13(14)16(18(22)23)15(12)17(21)20-11-5-3-10(19)4-6-11/h3-8,12-13,15-16H,1-2H3,(H,20,21)(H,22,23)/t12-,13-,15-,16-/m1/s1. The van der Waals surface area contributed by atoms with Crippen LogP contribution in [-0.2, 0) is 9.59 Å². The van der Waals surface area contributed by atoms with Gasteiger partial charge < -0.3 is 10.4 Å². The molecule has 2 N–H and O–H groups in total. The van der Waals surface area contributed by atoms with Crippen LogP contribution in [0.25, 0.3) is 0 Å². The minimum Gasteiger partial charge on any atom is -0.481 e. The number of rotatable bonds is 3. The second kappa shape index (κ2) is 5.85. The summed E-state index contributed by atoms with van der Waals surface area (Å²) in [5.41, 5.74) is 2.79. The van der Waals surface area contributed by atoms with Gasteiger partial charge in [0.15, 0.2) is 0 Å². The van der Waals surface area contributed by atoms with Crippen molar-refractivity contribution in [1.82, 2.24) is 0 Å². The lowest BCUT2D eigenvalue weighted by Crippen LogP contribution is -2.36. The number of allylic oxidation sites excluding steroid dienone is 4. The van der Waals surface area contributed by atoms with Crippen molar-refractivity contribution in [3.63, 3.8) is 0 Å².